The van der Waals surface area contributed by atoms with Crippen molar-refractivity contribution in [1.82, 2.24) is 9.78 Å². The SMILES string of the molecule is CC(C)Cc1c2c(C(=O)O)cccc2nn1C. The molecule has 1 N–H and O–H groups in total. The fraction of sp³-hybridized carbons (Fsp3) is 0.385. The summed E-state index contributed by atoms with van der Waals surface area (Å²) in [6.07, 6.45) is 0.831. The van der Waals surface area contributed by atoms with Crippen LogP contribution in [0.3, 0.4) is 0 Å². The molecule has 0 bridgehead atoms. The lowest BCUT2D eigenvalue weighted by molar-refractivity contribution is 0.0699. The predicted octanol–water partition coefficient (Wildman–Crippen LogP) is 2.47. The maximum atomic E-state index is 11.2. The van der Waals surface area contributed by atoms with Gasteiger partial charge in [-0.2, -0.15) is 5.10 Å². The number of rotatable bonds is 3. The molecule has 0 aliphatic heterocycles. The van der Waals surface area contributed by atoms with Gasteiger partial charge in [0.15, 0.2) is 0 Å². The van der Waals surface area contributed by atoms with E-state index >= 15 is 0 Å². The number of aromatic nitrogens is 2. The highest BCUT2D eigenvalue weighted by molar-refractivity contribution is 6.03. The van der Waals surface area contributed by atoms with Gasteiger partial charge in [0.25, 0.3) is 0 Å². The van der Waals surface area contributed by atoms with E-state index < -0.39 is 5.97 Å². The van der Waals surface area contributed by atoms with E-state index in [9.17, 15) is 9.90 Å². The largest absolute Gasteiger partial charge is 0.478 e. The van der Waals surface area contributed by atoms with E-state index in [4.69, 9.17) is 0 Å². The molecule has 0 fully saturated rings. The van der Waals surface area contributed by atoms with Crippen LogP contribution >= 0.6 is 0 Å². The number of fused-ring (bicyclic) bond motifs is 1. The Morgan fingerprint density at radius 2 is 2.18 bits per heavy atom. The first-order chi connectivity index (χ1) is 8.00. The van der Waals surface area contributed by atoms with E-state index in [1.807, 2.05) is 13.1 Å². The molecule has 2 rings (SSSR count). The van der Waals surface area contributed by atoms with Crippen molar-refractivity contribution in [2.45, 2.75) is 20.3 Å². The van der Waals surface area contributed by atoms with Gasteiger partial charge in [0.05, 0.1) is 11.1 Å². The fourth-order valence-electron chi connectivity index (χ4n) is 2.11. The molecule has 1 heterocycles. The molecule has 1 aromatic carbocycles. The van der Waals surface area contributed by atoms with Crippen LogP contribution in [0.2, 0.25) is 0 Å². The van der Waals surface area contributed by atoms with Crippen molar-refractivity contribution in [2.75, 3.05) is 0 Å². The Hall–Kier alpha value is -1.84. The number of aromatic carboxylic acids is 1. The summed E-state index contributed by atoms with van der Waals surface area (Å²) in [6.45, 7) is 4.23. The third-order valence-corrected chi connectivity index (χ3v) is 2.81. The van der Waals surface area contributed by atoms with E-state index in [-0.39, 0.29) is 0 Å². The molecule has 0 aliphatic carbocycles. The van der Waals surface area contributed by atoms with Crippen molar-refractivity contribution in [1.29, 1.82) is 0 Å². The molecule has 90 valence electrons. The Labute approximate surface area is 99.9 Å². The zero-order valence-corrected chi connectivity index (χ0v) is 10.3. The molecular formula is C13H16N2O2. The minimum atomic E-state index is -0.895. The van der Waals surface area contributed by atoms with Gasteiger partial charge in [-0.3, -0.25) is 4.68 Å². The van der Waals surface area contributed by atoms with Gasteiger partial charge in [0.1, 0.15) is 0 Å². The smallest absolute Gasteiger partial charge is 0.336 e. The Morgan fingerprint density at radius 3 is 2.76 bits per heavy atom. The summed E-state index contributed by atoms with van der Waals surface area (Å²) >= 11 is 0. The maximum Gasteiger partial charge on any atom is 0.336 e. The quantitative estimate of drug-likeness (QED) is 0.884. The van der Waals surface area contributed by atoms with Gasteiger partial charge < -0.3 is 5.11 Å². The maximum absolute atomic E-state index is 11.2. The van der Waals surface area contributed by atoms with Crippen LogP contribution in [-0.4, -0.2) is 20.9 Å². The van der Waals surface area contributed by atoms with Gasteiger partial charge in [0, 0.05) is 18.1 Å². The van der Waals surface area contributed by atoms with Crippen LogP contribution in [0.4, 0.5) is 0 Å². The topological polar surface area (TPSA) is 55.1 Å². The molecule has 2 aromatic rings. The minimum Gasteiger partial charge on any atom is -0.478 e. The molecule has 0 spiro atoms. The fourth-order valence-corrected chi connectivity index (χ4v) is 2.11. The predicted molar refractivity (Wildman–Crippen MR) is 66.2 cm³/mol. The number of aryl methyl sites for hydroxylation is 1. The zero-order chi connectivity index (χ0) is 12.6. The Morgan fingerprint density at radius 1 is 1.47 bits per heavy atom. The minimum absolute atomic E-state index is 0.339. The highest BCUT2D eigenvalue weighted by atomic mass is 16.4. The Bertz CT molecular complexity index is 570. The molecule has 0 unspecified atom stereocenters. The molecule has 0 radical (unpaired) electrons. The number of hydrogen-bond acceptors (Lipinski definition) is 2. The molecule has 4 nitrogen and oxygen atoms in total. The first-order valence-electron chi connectivity index (χ1n) is 5.68. The third-order valence-electron chi connectivity index (χ3n) is 2.81. The molecule has 0 saturated heterocycles. The van der Waals surface area contributed by atoms with E-state index in [0.29, 0.717) is 11.5 Å². The number of carboxylic acids is 1. The first-order valence-corrected chi connectivity index (χ1v) is 5.68. The lowest BCUT2D eigenvalue weighted by Gasteiger charge is -2.06. The van der Waals surface area contributed by atoms with Crippen LogP contribution < -0.4 is 0 Å². The van der Waals surface area contributed by atoms with Gasteiger partial charge in [-0.05, 0) is 24.5 Å². The number of benzene rings is 1. The molecule has 0 amide bonds. The summed E-state index contributed by atoms with van der Waals surface area (Å²) in [5, 5.41) is 14.4. The second-order valence-electron chi connectivity index (χ2n) is 4.67. The van der Waals surface area contributed by atoms with Crippen molar-refractivity contribution in [2.24, 2.45) is 13.0 Å². The summed E-state index contributed by atoms with van der Waals surface area (Å²) in [4.78, 5) is 11.2. The molecule has 4 heteroatoms. The molecule has 0 saturated carbocycles. The van der Waals surface area contributed by atoms with Gasteiger partial charge in [0.2, 0.25) is 0 Å². The van der Waals surface area contributed by atoms with Crippen LogP contribution in [-0.2, 0) is 13.5 Å². The summed E-state index contributed by atoms with van der Waals surface area (Å²) in [6, 6.07) is 5.22. The van der Waals surface area contributed by atoms with Crippen LogP contribution in [0.15, 0.2) is 18.2 Å². The summed E-state index contributed by atoms with van der Waals surface area (Å²) in [7, 11) is 1.86. The van der Waals surface area contributed by atoms with Crippen LogP contribution in [0.5, 0.6) is 0 Å². The molecular weight excluding hydrogens is 216 g/mol. The highest BCUT2D eigenvalue weighted by Crippen LogP contribution is 2.24. The molecule has 0 aliphatic rings. The summed E-state index contributed by atoms with van der Waals surface area (Å²) in [5.74, 6) is -0.427. The molecule has 1 aromatic heterocycles. The first kappa shape index (κ1) is 11.6. The highest BCUT2D eigenvalue weighted by Gasteiger charge is 2.17. The van der Waals surface area contributed by atoms with Crippen LogP contribution in [0, 0.1) is 5.92 Å². The zero-order valence-electron chi connectivity index (χ0n) is 10.3. The second-order valence-corrected chi connectivity index (χ2v) is 4.67. The average Bonchev–Trinajstić information content (AvgIpc) is 2.54. The standard InChI is InChI=1S/C13H16N2O2/c1-8(2)7-11-12-9(13(16)17)5-4-6-10(12)14-15(11)3/h4-6,8H,7H2,1-3H3,(H,16,17). The van der Waals surface area contributed by atoms with Crippen molar-refractivity contribution in [3.05, 3.63) is 29.5 Å². The van der Waals surface area contributed by atoms with Crippen molar-refractivity contribution in [3.8, 4) is 0 Å². The second kappa shape index (κ2) is 4.20. The van der Waals surface area contributed by atoms with E-state index in [0.717, 1.165) is 23.0 Å². The lowest BCUT2D eigenvalue weighted by Crippen LogP contribution is -2.04. The Balaban J connectivity index is 2.72. The van der Waals surface area contributed by atoms with Gasteiger partial charge in [-0.1, -0.05) is 19.9 Å². The average molecular weight is 232 g/mol. The van der Waals surface area contributed by atoms with E-state index in [1.54, 1.807) is 16.8 Å². The van der Waals surface area contributed by atoms with Gasteiger partial charge >= 0.3 is 5.97 Å². The molecule has 0 atom stereocenters. The third kappa shape index (κ3) is 2.02. The lowest BCUT2D eigenvalue weighted by atomic mass is 10.0. The number of nitrogens with zero attached hydrogens (tertiary/aromatic N) is 2. The van der Waals surface area contributed by atoms with Crippen molar-refractivity contribution >= 4 is 16.9 Å². The number of hydrogen-bond donors (Lipinski definition) is 1. The van der Waals surface area contributed by atoms with Gasteiger partial charge in [-0.15, -0.1) is 0 Å². The van der Waals surface area contributed by atoms with E-state index in [1.165, 1.54) is 0 Å². The number of carbonyl (C=O) groups is 1. The Kier molecular flexibility index (Phi) is 2.88. The van der Waals surface area contributed by atoms with Crippen LogP contribution in [0.1, 0.15) is 29.9 Å². The van der Waals surface area contributed by atoms with Crippen molar-refractivity contribution < 1.29 is 9.90 Å². The van der Waals surface area contributed by atoms with E-state index in [2.05, 4.69) is 18.9 Å². The number of carboxylic acid groups (broad SMARTS) is 1. The monoisotopic (exact) mass is 232 g/mol. The summed E-state index contributed by atoms with van der Waals surface area (Å²) < 4.78 is 1.79. The normalized spacial score (nSPS) is 11.3. The van der Waals surface area contributed by atoms with Gasteiger partial charge in [-0.25, -0.2) is 4.79 Å². The van der Waals surface area contributed by atoms with Crippen molar-refractivity contribution in [3.63, 3.8) is 0 Å². The van der Waals surface area contributed by atoms with Crippen LogP contribution in [0.25, 0.3) is 10.9 Å². The summed E-state index contributed by atoms with van der Waals surface area (Å²) in [5.41, 5.74) is 2.09. The molecule has 17 heavy (non-hydrogen) atoms.